The third-order valence-electron chi connectivity index (χ3n) is 3.90. The second-order valence-electron chi connectivity index (χ2n) is 5.04. The van der Waals surface area contributed by atoms with Crippen molar-refractivity contribution in [3.63, 3.8) is 0 Å². The minimum Gasteiger partial charge on any atom is -0.338 e. The average Bonchev–Trinajstić information content (AvgIpc) is 2.48. The Bertz CT molecular complexity index is 432. The van der Waals surface area contributed by atoms with Crippen molar-refractivity contribution in [2.45, 2.75) is 12.8 Å². The van der Waals surface area contributed by atoms with Gasteiger partial charge in [0.05, 0.1) is 0 Å². The van der Waals surface area contributed by atoms with E-state index in [4.69, 9.17) is 0 Å². The molecule has 0 unspecified atom stereocenters. The van der Waals surface area contributed by atoms with Crippen LogP contribution in [0, 0.1) is 11.8 Å². The summed E-state index contributed by atoms with van der Waals surface area (Å²) < 4.78 is 1.18. The topological polar surface area (TPSA) is 20.3 Å². The summed E-state index contributed by atoms with van der Waals surface area (Å²) in [6.07, 6.45) is 4.35. The van der Waals surface area contributed by atoms with E-state index in [-0.39, 0.29) is 5.91 Å². The van der Waals surface area contributed by atoms with Gasteiger partial charge >= 0.3 is 0 Å². The van der Waals surface area contributed by atoms with Crippen molar-refractivity contribution in [3.05, 3.63) is 48.6 Å². The fourth-order valence-corrected chi connectivity index (χ4v) is 3.54. The van der Waals surface area contributed by atoms with E-state index in [9.17, 15) is 4.79 Å². The van der Waals surface area contributed by atoms with Gasteiger partial charge in [0.2, 0.25) is 0 Å². The molecule has 1 aromatic carbocycles. The second-order valence-corrected chi connectivity index (χ2v) is 6.12. The third-order valence-corrected chi connectivity index (χ3v) is 4.52. The van der Waals surface area contributed by atoms with E-state index >= 15 is 0 Å². The van der Waals surface area contributed by atoms with Crippen molar-refractivity contribution in [2.24, 2.45) is 11.8 Å². The van der Waals surface area contributed by atoms with Crippen molar-refractivity contribution in [1.29, 1.82) is 0 Å². The molecule has 0 spiro atoms. The molecular formula is C16H20INO. The fraction of sp³-hybridized carbons (Fsp3) is 0.438. The number of carbonyl (C=O) groups excluding carboxylic acids is 1. The van der Waals surface area contributed by atoms with E-state index in [1.165, 1.54) is 10.8 Å². The van der Waals surface area contributed by atoms with Crippen molar-refractivity contribution in [2.75, 3.05) is 17.5 Å². The molecule has 0 aliphatic carbocycles. The lowest BCUT2D eigenvalue weighted by molar-refractivity contribution is 0.0637. The Morgan fingerprint density at radius 2 is 2.16 bits per heavy atom. The van der Waals surface area contributed by atoms with Crippen LogP contribution >= 0.6 is 22.6 Å². The highest BCUT2D eigenvalue weighted by Gasteiger charge is 2.29. The standard InChI is InChI=1S/C16H20INO/c1-2-13-12-18(11-9-14(13)8-10-17)16(19)15-6-4-3-5-7-15/h2-7,13-14H,1,8-12H2/t13-,14+/m0/s1. The van der Waals surface area contributed by atoms with Crippen LogP contribution in [0.4, 0.5) is 0 Å². The lowest BCUT2D eigenvalue weighted by Crippen LogP contribution is -2.43. The Balaban J connectivity index is 2.04. The summed E-state index contributed by atoms with van der Waals surface area (Å²) >= 11 is 2.43. The summed E-state index contributed by atoms with van der Waals surface area (Å²) in [5.41, 5.74) is 0.789. The van der Waals surface area contributed by atoms with Crippen molar-refractivity contribution in [3.8, 4) is 0 Å². The molecule has 1 saturated heterocycles. The maximum absolute atomic E-state index is 12.4. The number of rotatable bonds is 4. The van der Waals surface area contributed by atoms with Gasteiger partial charge in [-0.15, -0.1) is 6.58 Å². The lowest BCUT2D eigenvalue weighted by atomic mass is 9.83. The molecule has 1 aliphatic heterocycles. The number of alkyl halides is 1. The van der Waals surface area contributed by atoms with E-state index in [1.54, 1.807) is 0 Å². The van der Waals surface area contributed by atoms with Crippen LogP contribution in [0.2, 0.25) is 0 Å². The number of nitrogens with zero attached hydrogens (tertiary/aromatic N) is 1. The zero-order chi connectivity index (χ0) is 13.7. The SMILES string of the molecule is C=C[C@H]1CN(C(=O)c2ccccc2)CC[C@H]1CCI. The number of carbonyl (C=O) groups is 1. The predicted molar refractivity (Wildman–Crippen MR) is 87.6 cm³/mol. The van der Waals surface area contributed by atoms with Crippen molar-refractivity contribution >= 4 is 28.5 Å². The molecule has 2 rings (SSSR count). The Labute approximate surface area is 129 Å². The molecule has 0 saturated carbocycles. The highest BCUT2D eigenvalue weighted by molar-refractivity contribution is 14.1. The van der Waals surface area contributed by atoms with Crippen LogP contribution in [0.25, 0.3) is 0 Å². The summed E-state index contributed by atoms with van der Waals surface area (Å²) in [6, 6.07) is 9.56. The average molecular weight is 369 g/mol. The smallest absolute Gasteiger partial charge is 0.253 e. The number of benzene rings is 1. The molecule has 1 heterocycles. The molecular weight excluding hydrogens is 349 g/mol. The van der Waals surface area contributed by atoms with E-state index in [1.807, 2.05) is 41.3 Å². The summed E-state index contributed by atoms with van der Waals surface area (Å²) in [6.45, 7) is 5.64. The van der Waals surface area contributed by atoms with Gasteiger partial charge in [-0.05, 0) is 41.2 Å². The minimum absolute atomic E-state index is 0.153. The van der Waals surface area contributed by atoms with Crippen LogP contribution in [-0.2, 0) is 0 Å². The molecule has 0 N–H and O–H groups in total. The number of hydrogen-bond donors (Lipinski definition) is 0. The maximum atomic E-state index is 12.4. The summed E-state index contributed by atoms with van der Waals surface area (Å²) in [7, 11) is 0. The van der Waals surface area contributed by atoms with Gasteiger partial charge in [-0.3, -0.25) is 4.79 Å². The molecule has 1 aromatic rings. The maximum Gasteiger partial charge on any atom is 0.253 e. The lowest BCUT2D eigenvalue weighted by Gasteiger charge is -2.37. The molecule has 2 nitrogen and oxygen atoms in total. The van der Waals surface area contributed by atoms with E-state index in [0.29, 0.717) is 11.8 Å². The highest BCUT2D eigenvalue weighted by atomic mass is 127. The van der Waals surface area contributed by atoms with Gasteiger partial charge < -0.3 is 4.90 Å². The zero-order valence-corrected chi connectivity index (χ0v) is 13.3. The van der Waals surface area contributed by atoms with E-state index in [2.05, 4.69) is 29.2 Å². The first-order valence-corrected chi connectivity index (χ1v) is 8.31. The first kappa shape index (κ1) is 14.6. The molecule has 0 bridgehead atoms. The normalized spacial score (nSPS) is 23.1. The van der Waals surface area contributed by atoms with Gasteiger partial charge in [-0.1, -0.05) is 46.9 Å². The molecule has 102 valence electrons. The van der Waals surface area contributed by atoms with Crippen LogP contribution in [0.5, 0.6) is 0 Å². The van der Waals surface area contributed by atoms with Crippen molar-refractivity contribution < 1.29 is 4.79 Å². The van der Waals surface area contributed by atoms with Crippen LogP contribution in [-0.4, -0.2) is 28.3 Å². The zero-order valence-electron chi connectivity index (χ0n) is 11.1. The van der Waals surface area contributed by atoms with Gasteiger partial charge in [-0.25, -0.2) is 0 Å². The Kier molecular flexibility index (Phi) is 5.43. The van der Waals surface area contributed by atoms with Gasteiger partial charge in [0.25, 0.3) is 5.91 Å². The Morgan fingerprint density at radius 1 is 1.42 bits per heavy atom. The number of likely N-dealkylation sites (tertiary alicyclic amines) is 1. The molecule has 2 atom stereocenters. The third kappa shape index (κ3) is 3.59. The minimum atomic E-state index is 0.153. The van der Waals surface area contributed by atoms with Gasteiger partial charge in [0.1, 0.15) is 0 Å². The number of piperidine rings is 1. The summed E-state index contributed by atoms with van der Waals surface area (Å²) in [4.78, 5) is 14.4. The first-order valence-electron chi connectivity index (χ1n) is 6.79. The summed E-state index contributed by atoms with van der Waals surface area (Å²) in [5, 5.41) is 0. The van der Waals surface area contributed by atoms with E-state index < -0.39 is 0 Å². The molecule has 0 radical (unpaired) electrons. The summed E-state index contributed by atoms with van der Waals surface area (Å²) in [5.74, 6) is 1.28. The first-order chi connectivity index (χ1) is 9.26. The van der Waals surface area contributed by atoms with Crippen LogP contribution in [0.15, 0.2) is 43.0 Å². The van der Waals surface area contributed by atoms with Gasteiger partial charge in [-0.2, -0.15) is 0 Å². The van der Waals surface area contributed by atoms with Crippen LogP contribution in [0.3, 0.4) is 0 Å². The second kappa shape index (κ2) is 7.08. The molecule has 3 heteroatoms. The Hall–Kier alpha value is -0.840. The van der Waals surface area contributed by atoms with Gasteiger partial charge in [0.15, 0.2) is 0 Å². The molecule has 1 amide bonds. The number of amides is 1. The molecule has 1 aliphatic rings. The quantitative estimate of drug-likeness (QED) is 0.450. The molecule has 1 fully saturated rings. The molecule has 0 aromatic heterocycles. The predicted octanol–water partition coefficient (Wildman–Crippen LogP) is 3.78. The number of hydrogen-bond acceptors (Lipinski definition) is 1. The van der Waals surface area contributed by atoms with E-state index in [0.717, 1.165) is 25.1 Å². The Morgan fingerprint density at radius 3 is 2.79 bits per heavy atom. The van der Waals surface area contributed by atoms with Crippen molar-refractivity contribution in [1.82, 2.24) is 4.90 Å². The van der Waals surface area contributed by atoms with Gasteiger partial charge in [0, 0.05) is 18.7 Å². The number of halogens is 1. The fourth-order valence-electron chi connectivity index (χ4n) is 2.74. The largest absolute Gasteiger partial charge is 0.338 e. The monoisotopic (exact) mass is 369 g/mol. The van der Waals surface area contributed by atoms with Crippen LogP contribution < -0.4 is 0 Å². The molecule has 19 heavy (non-hydrogen) atoms. The highest BCUT2D eigenvalue weighted by Crippen LogP contribution is 2.28. The van der Waals surface area contributed by atoms with Crippen LogP contribution in [0.1, 0.15) is 23.2 Å².